The predicted molar refractivity (Wildman–Crippen MR) is 131 cm³/mol. The van der Waals surface area contributed by atoms with Crippen LogP contribution in [0.15, 0.2) is 77.7 Å². The van der Waals surface area contributed by atoms with Crippen molar-refractivity contribution in [2.45, 2.75) is 49.9 Å². The Morgan fingerprint density at radius 2 is 1.76 bits per heavy atom. The molecule has 34 heavy (non-hydrogen) atoms. The third kappa shape index (κ3) is 4.32. The van der Waals surface area contributed by atoms with E-state index < -0.39 is 0 Å². The molecule has 1 saturated heterocycles. The maximum Gasteiger partial charge on any atom is 0.230 e. The largest absolute Gasteiger partial charge is 0.356 e. The minimum Gasteiger partial charge on any atom is -0.356 e. The van der Waals surface area contributed by atoms with Crippen LogP contribution >= 0.6 is 0 Å². The summed E-state index contributed by atoms with van der Waals surface area (Å²) in [6.07, 6.45) is 11.2. The highest BCUT2D eigenvalue weighted by atomic mass is 16.5. The van der Waals surface area contributed by atoms with E-state index in [1.807, 2.05) is 24.5 Å². The zero-order valence-corrected chi connectivity index (χ0v) is 19.3. The Kier molecular flexibility index (Phi) is 5.79. The van der Waals surface area contributed by atoms with Gasteiger partial charge in [0.2, 0.25) is 5.89 Å². The van der Waals surface area contributed by atoms with Crippen LogP contribution in [0.3, 0.4) is 0 Å². The van der Waals surface area contributed by atoms with Crippen molar-refractivity contribution in [3.05, 3.63) is 102 Å². The van der Waals surface area contributed by atoms with Gasteiger partial charge < -0.3 is 9.42 Å². The van der Waals surface area contributed by atoms with E-state index in [0.717, 1.165) is 49.0 Å². The molecule has 0 amide bonds. The minimum atomic E-state index is -0.0344. The Morgan fingerprint density at radius 1 is 0.912 bits per heavy atom. The maximum absolute atomic E-state index is 5.82. The van der Waals surface area contributed by atoms with E-state index in [-0.39, 0.29) is 5.92 Å². The van der Waals surface area contributed by atoms with Crippen LogP contribution in [0.4, 0.5) is 5.82 Å². The fraction of sp³-hybridized carbons (Fsp3) is 0.357. The summed E-state index contributed by atoms with van der Waals surface area (Å²) in [5, 5.41) is 4.47. The molecule has 6 rings (SSSR count). The fourth-order valence-corrected chi connectivity index (χ4v) is 5.22. The van der Waals surface area contributed by atoms with Crippen molar-refractivity contribution in [2.75, 3.05) is 18.0 Å². The number of piperidine rings is 1. The van der Waals surface area contributed by atoms with Gasteiger partial charge in [-0.15, -0.1) is 0 Å². The van der Waals surface area contributed by atoms with Crippen molar-refractivity contribution < 1.29 is 4.52 Å². The highest BCUT2D eigenvalue weighted by Crippen LogP contribution is 2.54. The molecular weight excluding hydrogens is 422 g/mol. The van der Waals surface area contributed by atoms with Crippen LogP contribution in [-0.4, -0.2) is 33.2 Å². The first-order valence-electron chi connectivity index (χ1n) is 12.3. The molecule has 1 aliphatic heterocycles. The van der Waals surface area contributed by atoms with E-state index in [1.54, 1.807) is 6.20 Å². The summed E-state index contributed by atoms with van der Waals surface area (Å²) in [5.41, 5.74) is 3.66. The molecule has 172 valence electrons. The number of hydrogen-bond donors (Lipinski definition) is 0. The standard InChI is InChI=1S/C28H29N5O/c1-3-9-20(10-4-1)23-18-25(23)28-31-26(32-34-28)24(22-12-7-13-29-19-22)17-21-11-8-14-30-27(21)33-15-5-2-6-16-33/h1,3-4,7-14,19,23-25H,2,5-6,15-18H2/t23-,24?,25+/m0/s1. The lowest BCUT2D eigenvalue weighted by Crippen LogP contribution is -2.31. The zero-order chi connectivity index (χ0) is 22.7. The summed E-state index contributed by atoms with van der Waals surface area (Å²) >= 11 is 0. The fourth-order valence-electron chi connectivity index (χ4n) is 5.22. The van der Waals surface area contributed by atoms with Gasteiger partial charge in [0.05, 0.1) is 5.92 Å². The third-order valence-electron chi connectivity index (χ3n) is 7.14. The normalized spacial score (nSPS) is 20.8. The second-order valence-electron chi connectivity index (χ2n) is 9.43. The van der Waals surface area contributed by atoms with Gasteiger partial charge in [-0.1, -0.05) is 47.6 Å². The Labute approximate surface area is 200 Å². The summed E-state index contributed by atoms with van der Waals surface area (Å²) in [4.78, 5) is 16.5. The van der Waals surface area contributed by atoms with Crippen molar-refractivity contribution >= 4 is 5.82 Å². The topological polar surface area (TPSA) is 67.9 Å². The number of nitrogens with zero attached hydrogens (tertiary/aromatic N) is 5. The molecule has 2 fully saturated rings. The van der Waals surface area contributed by atoms with Crippen molar-refractivity contribution in [3.63, 3.8) is 0 Å². The second-order valence-corrected chi connectivity index (χ2v) is 9.43. The molecule has 1 saturated carbocycles. The molecular formula is C28H29N5O. The van der Waals surface area contributed by atoms with E-state index >= 15 is 0 Å². The first-order chi connectivity index (χ1) is 16.9. The molecule has 3 aromatic heterocycles. The molecule has 0 spiro atoms. The van der Waals surface area contributed by atoms with Crippen LogP contribution in [0.1, 0.15) is 71.8 Å². The molecule has 1 aliphatic carbocycles. The molecule has 2 aliphatic rings. The number of aromatic nitrogens is 4. The molecule has 6 heteroatoms. The maximum atomic E-state index is 5.82. The molecule has 6 nitrogen and oxygen atoms in total. The molecule has 0 N–H and O–H groups in total. The van der Waals surface area contributed by atoms with Crippen molar-refractivity contribution in [3.8, 4) is 0 Å². The summed E-state index contributed by atoms with van der Waals surface area (Å²) in [5.74, 6) is 3.31. The Hall–Kier alpha value is -3.54. The number of pyridine rings is 2. The number of anilines is 1. The van der Waals surface area contributed by atoms with Crippen LogP contribution in [0.25, 0.3) is 0 Å². The molecule has 4 heterocycles. The smallest absolute Gasteiger partial charge is 0.230 e. The van der Waals surface area contributed by atoms with Crippen LogP contribution in [0, 0.1) is 0 Å². The van der Waals surface area contributed by atoms with Crippen LogP contribution < -0.4 is 4.90 Å². The molecule has 0 bridgehead atoms. The first-order valence-corrected chi connectivity index (χ1v) is 12.3. The van der Waals surface area contributed by atoms with Gasteiger partial charge >= 0.3 is 0 Å². The lowest BCUT2D eigenvalue weighted by molar-refractivity contribution is 0.371. The van der Waals surface area contributed by atoms with Gasteiger partial charge in [-0.05, 0) is 66.8 Å². The minimum absolute atomic E-state index is 0.0344. The van der Waals surface area contributed by atoms with Crippen LogP contribution in [0.5, 0.6) is 0 Å². The van der Waals surface area contributed by atoms with Gasteiger partial charge in [0.25, 0.3) is 0 Å². The SMILES string of the molecule is c1ccc([C@@H]2C[C@H]2c2nc(C(Cc3cccnc3N3CCCCC3)c3cccnc3)no2)cc1. The highest BCUT2D eigenvalue weighted by molar-refractivity contribution is 5.48. The van der Waals surface area contributed by atoms with Gasteiger partial charge in [0.15, 0.2) is 5.82 Å². The Morgan fingerprint density at radius 3 is 2.59 bits per heavy atom. The van der Waals surface area contributed by atoms with Gasteiger partial charge in [0, 0.05) is 37.6 Å². The lowest BCUT2D eigenvalue weighted by Gasteiger charge is -2.30. The lowest BCUT2D eigenvalue weighted by atomic mass is 9.92. The Bertz CT molecular complexity index is 1220. The average molecular weight is 452 g/mol. The van der Waals surface area contributed by atoms with Gasteiger partial charge in [-0.25, -0.2) is 4.98 Å². The van der Waals surface area contributed by atoms with E-state index in [0.29, 0.717) is 11.8 Å². The van der Waals surface area contributed by atoms with Crippen molar-refractivity contribution in [1.82, 2.24) is 20.1 Å². The van der Waals surface area contributed by atoms with Crippen molar-refractivity contribution in [1.29, 1.82) is 0 Å². The predicted octanol–water partition coefficient (Wildman–Crippen LogP) is 5.50. The van der Waals surface area contributed by atoms with E-state index in [1.165, 1.54) is 30.4 Å². The summed E-state index contributed by atoms with van der Waals surface area (Å²) in [6, 6.07) is 18.9. The first kappa shape index (κ1) is 21.0. The van der Waals surface area contributed by atoms with Gasteiger partial charge in [0.1, 0.15) is 5.82 Å². The molecule has 0 radical (unpaired) electrons. The summed E-state index contributed by atoms with van der Waals surface area (Å²) < 4.78 is 5.82. The summed E-state index contributed by atoms with van der Waals surface area (Å²) in [7, 11) is 0. The van der Waals surface area contributed by atoms with Crippen LogP contribution in [0.2, 0.25) is 0 Å². The highest BCUT2D eigenvalue weighted by Gasteiger charge is 2.44. The third-order valence-corrected chi connectivity index (χ3v) is 7.14. The van der Waals surface area contributed by atoms with Gasteiger partial charge in [-0.3, -0.25) is 4.98 Å². The summed E-state index contributed by atoms with van der Waals surface area (Å²) in [6.45, 7) is 2.13. The second kappa shape index (κ2) is 9.37. The van der Waals surface area contributed by atoms with E-state index in [2.05, 4.69) is 57.5 Å². The monoisotopic (exact) mass is 451 g/mol. The number of benzene rings is 1. The quantitative estimate of drug-likeness (QED) is 0.370. The Balaban J connectivity index is 1.29. The van der Waals surface area contributed by atoms with Crippen molar-refractivity contribution in [2.24, 2.45) is 0 Å². The molecule has 1 aromatic carbocycles. The molecule has 3 atom stereocenters. The van der Waals surface area contributed by atoms with E-state index in [9.17, 15) is 0 Å². The number of hydrogen-bond acceptors (Lipinski definition) is 6. The van der Waals surface area contributed by atoms with E-state index in [4.69, 9.17) is 14.5 Å². The zero-order valence-electron chi connectivity index (χ0n) is 19.3. The molecule has 4 aromatic rings. The van der Waals surface area contributed by atoms with Gasteiger partial charge in [-0.2, -0.15) is 4.98 Å². The molecule has 1 unspecified atom stereocenters. The average Bonchev–Trinajstić information content (AvgIpc) is 3.57. The number of rotatable bonds is 7. The van der Waals surface area contributed by atoms with Crippen LogP contribution in [-0.2, 0) is 6.42 Å².